The maximum absolute atomic E-state index is 12.6. The average Bonchev–Trinajstić information content (AvgIpc) is 2.62. The van der Waals surface area contributed by atoms with Crippen LogP contribution in [-0.2, 0) is 14.3 Å². The maximum Gasteiger partial charge on any atom is 0.307 e. The number of nitrogens with zero attached hydrogens (tertiary/aromatic N) is 2. The summed E-state index contributed by atoms with van der Waals surface area (Å²) in [7, 11) is 4.01. The Hall–Kier alpha value is -2.14. The van der Waals surface area contributed by atoms with Crippen molar-refractivity contribution in [2.75, 3.05) is 40.3 Å². The maximum atomic E-state index is 12.6. The highest BCUT2D eigenvalue weighted by Gasteiger charge is 2.13. The lowest BCUT2D eigenvalue weighted by atomic mass is 10.0. The Morgan fingerprint density at radius 1 is 1.07 bits per heavy atom. The Balaban J connectivity index is 2.70. The molecule has 0 radical (unpaired) electrons. The average molecular weight is 375 g/mol. The quantitative estimate of drug-likeness (QED) is 0.439. The van der Waals surface area contributed by atoms with Crippen LogP contribution >= 0.6 is 0 Å². The number of hydrogen-bond donors (Lipinski definition) is 0. The molecule has 27 heavy (non-hydrogen) atoms. The van der Waals surface area contributed by atoms with Crippen LogP contribution in [0.5, 0.6) is 0 Å². The van der Waals surface area contributed by atoms with Gasteiger partial charge in [-0.25, -0.2) is 0 Å². The third-order valence-electron chi connectivity index (χ3n) is 4.26. The highest BCUT2D eigenvalue weighted by atomic mass is 16.5. The summed E-state index contributed by atoms with van der Waals surface area (Å²) in [5.41, 5.74) is 2.27. The smallest absolute Gasteiger partial charge is 0.307 e. The molecule has 0 atom stereocenters. The van der Waals surface area contributed by atoms with Crippen LogP contribution in [0, 0.1) is 0 Å². The largest absolute Gasteiger partial charge is 0.466 e. The number of hydrogen-bond acceptors (Lipinski definition) is 4. The lowest BCUT2D eigenvalue weighted by molar-refractivity contribution is -0.143. The summed E-state index contributed by atoms with van der Waals surface area (Å²) in [6, 6.07) is 8.22. The van der Waals surface area contributed by atoms with E-state index in [0.717, 1.165) is 18.5 Å². The van der Waals surface area contributed by atoms with Gasteiger partial charge in [0.25, 0.3) is 0 Å². The molecule has 0 spiro atoms. The summed E-state index contributed by atoms with van der Waals surface area (Å²) in [4.78, 5) is 28.0. The van der Waals surface area contributed by atoms with E-state index < -0.39 is 0 Å². The van der Waals surface area contributed by atoms with Gasteiger partial charge in [0.15, 0.2) is 0 Å². The van der Waals surface area contributed by atoms with Gasteiger partial charge in [-0.15, -0.1) is 0 Å². The highest BCUT2D eigenvalue weighted by Crippen LogP contribution is 2.15. The molecular formula is C22H34N2O3. The van der Waals surface area contributed by atoms with Crippen LogP contribution in [0.15, 0.2) is 30.3 Å². The predicted molar refractivity (Wildman–Crippen MR) is 111 cm³/mol. The normalized spacial score (nSPS) is 11.4. The molecule has 0 heterocycles. The van der Waals surface area contributed by atoms with Crippen LogP contribution in [0.25, 0.3) is 6.08 Å². The van der Waals surface area contributed by atoms with Gasteiger partial charge < -0.3 is 14.5 Å². The molecule has 1 amide bonds. The van der Waals surface area contributed by atoms with Crippen molar-refractivity contribution in [3.05, 3.63) is 41.5 Å². The van der Waals surface area contributed by atoms with Gasteiger partial charge in [0.2, 0.25) is 5.91 Å². The van der Waals surface area contributed by atoms with Gasteiger partial charge in [-0.2, -0.15) is 0 Å². The molecule has 1 rings (SSSR count). The van der Waals surface area contributed by atoms with Crippen molar-refractivity contribution in [2.24, 2.45) is 0 Å². The van der Waals surface area contributed by atoms with Crippen LogP contribution in [0.4, 0.5) is 0 Å². The molecule has 5 nitrogen and oxygen atoms in total. The number of carbonyl (C=O) groups is 2. The molecule has 1 aromatic carbocycles. The third-order valence-corrected chi connectivity index (χ3v) is 4.26. The van der Waals surface area contributed by atoms with Gasteiger partial charge >= 0.3 is 5.97 Å². The van der Waals surface area contributed by atoms with Crippen molar-refractivity contribution in [3.8, 4) is 0 Å². The van der Waals surface area contributed by atoms with E-state index in [1.807, 2.05) is 32.3 Å². The lowest BCUT2D eigenvalue weighted by Gasteiger charge is -2.22. The molecule has 0 aliphatic heterocycles. The van der Waals surface area contributed by atoms with Crippen molar-refractivity contribution < 1.29 is 14.3 Å². The zero-order chi connectivity index (χ0) is 20.2. The Labute approximate surface area is 164 Å². The first-order valence-electron chi connectivity index (χ1n) is 9.70. The minimum atomic E-state index is -0.267. The molecule has 0 N–H and O–H groups in total. The van der Waals surface area contributed by atoms with Crippen LogP contribution in [0.2, 0.25) is 0 Å². The number of amides is 1. The molecular weight excluding hydrogens is 340 g/mol. The van der Waals surface area contributed by atoms with Crippen molar-refractivity contribution >= 4 is 18.0 Å². The van der Waals surface area contributed by atoms with E-state index in [2.05, 4.69) is 30.9 Å². The van der Waals surface area contributed by atoms with Crippen LogP contribution in [-0.4, -0.2) is 62.0 Å². The second-order valence-electron chi connectivity index (χ2n) is 7.19. The molecule has 1 aromatic rings. The molecule has 0 aromatic heterocycles. The molecule has 0 saturated carbocycles. The first-order chi connectivity index (χ1) is 12.8. The van der Waals surface area contributed by atoms with E-state index in [-0.39, 0.29) is 18.3 Å². The van der Waals surface area contributed by atoms with Gasteiger partial charge in [-0.1, -0.05) is 38.1 Å². The van der Waals surface area contributed by atoms with Gasteiger partial charge in [0.05, 0.1) is 13.0 Å². The minimum Gasteiger partial charge on any atom is -0.466 e. The zero-order valence-electron chi connectivity index (χ0n) is 17.4. The summed E-state index contributed by atoms with van der Waals surface area (Å²) in [5, 5.41) is 0. The number of rotatable bonds is 11. The van der Waals surface area contributed by atoms with E-state index in [1.54, 1.807) is 17.9 Å². The number of esters is 1. The van der Waals surface area contributed by atoms with Crippen molar-refractivity contribution in [1.29, 1.82) is 0 Å². The first-order valence-corrected chi connectivity index (χ1v) is 9.70. The first kappa shape index (κ1) is 22.9. The van der Waals surface area contributed by atoms with E-state index in [4.69, 9.17) is 4.74 Å². The number of ether oxygens (including phenoxy) is 1. The van der Waals surface area contributed by atoms with Gasteiger partial charge in [-0.3, -0.25) is 9.59 Å². The number of benzene rings is 1. The zero-order valence-corrected chi connectivity index (χ0v) is 17.4. The van der Waals surface area contributed by atoms with Crippen molar-refractivity contribution in [3.63, 3.8) is 0 Å². The van der Waals surface area contributed by atoms with Gasteiger partial charge in [0, 0.05) is 19.2 Å². The van der Waals surface area contributed by atoms with E-state index in [9.17, 15) is 9.59 Å². The molecule has 0 unspecified atom stereocenters. The summed E-state index contributed by atoms with van der Waals surface area (Å²) < 4.78 is 4.97. The van der Waals surface area contributed by atoms with E-state index in [1.165, 1.54) is 5.56 Å². The monoisotopic (exact) mass is 374 g/mol. The number of carbonyl (C=O) groups excluding carboxylic acids is 2. The molecule has 0 aliphatic carbocycles. The Bertz CT molecular complexity index is 606. The molecule has 0 bridgehead atoms. The van der Waals surface area contributed by atoms with Gasteiger partial charge in [0.1, 0.15) is 0 Å². The molecule has 0 fully saturated rings. The summed E-state index contributed by atoms with van der Waals surface area (Å²) >= 11 is 0. The second-order valence-corrected chi connectivity index (χ2v) is 7.19. The Morgan fingerprint density at radius 3 is 2.30 bits per heavy atom. The molecule has 0 aliphatic rings. The van der Waals surface area contributed by atoms with E-state index in [0.29, 0.717) is 25.6 Å². The molecule has 5 heteroatoms. The van der Waals surface area contributed by atoms with Crippen molar-refractivity contribution in [1.82, 2.24) is 9.80 Å². The van der Waals surface area contributed by atoms with E-state index >= 15 is 0 Å². The SMILES string of the molecule is CCOC(=O)CCN(CCCN(C)C)C(=O)/C=C/c1ccc(C(C)C)cc1. The fraction of sp³-hybridized carbons (Fsp3) is 0.545. The van der Waals surface area contributed by atoms with Crippen LogP contribution < -0.4 is 0 Å². The third kappa shape index (κ3) is 9.38. The topological polar surface area (TPSA) is 49.9 Å². The summed E-state index contributed by atoms with van der Waals surface area (Å²) in [5.74, 6) is 0.141. The van der Waals surface area contributed by atoms with Crippen LogP contribution in [0.3, 0.4) is 0 Å². The minimum absolute atomic E-state index is 0.0778. The predicted octanol–water partition coefficient (Wildman–Crippen LogP) is 3.56. The Morgan fingerprint density at radius 2 is 1.74 bits per heavy atom. The summed E-state index contributed by atoms with van der Waals surface area (Å²) in [6.07, 6.45) is 4.50. The fourth-order valence-corrected chi connectivity index (χ4v) is 2.63. The highest BCUT2D eigenvalue weighted by molar-refractivity contribution is 5.92. The lowest BCUT2D eigenvalue weighted by Crippen LogP contribution is -2.34. The van der Waals surface area contributed by atoms with Crippen molar-refractivity contribution in [2.45, 2.75) is 39.5 Å². The Kier molecular flexibility index (Phi) is 10.4. The fourth-order valence-electron chi connectivity index (χ4n) is 2.63. The standard InChI is InChI=1S/C22H34N2O3/c1-6-27-22(26)14-17-24(16-7-15-23(4)5)21(25)13-10-19-8-11-20(12-9-19)18(2)3/h8-13,18H,6-7,14-17H2,1-5H3/b13-10+. The van der Waals surface area contributed by atoms with Crippen LogP contribution in [0.1, 0.15) is 50.7 Å². The summed E-state index contributed by atoms with van der Waals surface area (Å²) in [6.45, 7) is 8.34. The molecule has 0 saturated heterocycles. The second kappa shape index (κ2) is 12.3. The van der Waals surface area contributed by atoms with Gasteiger partial charge in [-0.05, 0) is 57.1 Å². The molecule has 150 valence electrons.